The zero-order valence-corrected chi connectivity index (χ0v) is 13.7. The van der Waals surface area contributed by atoms with Crippen molar-refractivity contribution >= 4 is 11.5 Å². The quantitative estimate of drug-likeness (QED) is 0.589. The Morgan fingerprint density at radius 2 is 2.00 bits per heavy atom. The van der Waals surface area contributed by atoms with E-state index in [0.29, 0.717) is 24.7 Å². The molecule has 0 aromatic carbocycles. The number of ether oxygens (including phenoxy) is 1. The van der Waals surface area contributed by atoms with E-state index >= 15 is 0 Å². The number of rotatable bonds is 8. The fourth-order valence-corrected chi connectivity index (χ4v) is 2.09. The third-order valence-electron chi connectivity index (χ3n) is 3.41. The number of hydrogen-bond donors (Lipinski definition) is 1. The molecule has 1 heterocycles. The van der Waals surface area contributed by atoms with Crippen molar-refractivity contribution in [2.75, 3.05) is 18.5 Å². The SMILES string of the molecule is CCOCC(Nc1c([N+](=O)[O-])c(C(C)C)nn1C)C(C)C. The first-order valence-corrected chi connectivity index (χ1v) is 7.35. The number of anilines is 1. The van der Waals surface area contributed by atoms with Crippen molar-refractivity contribution in [1.29, 1.82) is 0 Å². The van der Waals surface area contributed by atoms with Gasteiger partial charge in [-0.1, -0.05) is 27.7 Å². The summed E-state index contributed by atoms with van der Waals surface area (Å²) in [5.41, 5.74) is 0.568. The van der Waals surface area contributed by atoms with Gasteiger partial charge in [-0.05, 0) is 12.8 Å². The highest BCUT2D eigenvalue weighted by molar-refractivity contribution is 5.61. The van der Waals surface area contributed by atoms with Gasteiger partial charge in [-0.3, -0.25) is 10.1 Å². The molecule has 0 amide bonds. The van der Waals surface area contributed by atoms with Gasteiger partial charge in [-0.15, -0.1) is 0 Å². The molecule has 0 spiro atoms. The van der Waals surface area contributed by atoms with Crippen molar-refractivity contribution in [2.24, 2.45) is 13.0 Å². The van der Waals surface area contributed by atoms with Gasteiger partial charge in [0, 0.05) is 19.6 Å². The van der Waals surface area contributed by atoms with Gasteiger partial charge >= 0.3 is 5.69 Å². The van der Waals surface area contributed by atoms with Gasteiger partial charge in [0.15, 0.2) is 0 Å². The molecule has 1 unspecified atom stereocenters. The van der Waals surface area contributed by atoms with E-state index in [4.69, 9.17) is 4.74 Å². The molecule has 1 aromatic heterocycles. The van der Waals surface area contributed by atoms with Crippen LogP contribution in [0.3, 0.4) is 0 Å². The molecule has 21 heavy (non-hydrogen) atoms. The molecule has 0 aliphatic carbocycles. The Labute approximate surface area is 125 Å². The minimum atomic E-state index is -0.358. The second-order valence-electron chi connectivity index (χ2n) is 5.77. The van der Waals surface area contributed by atoms with E-state index in [9.17, 15) is 10.1 Å². The van der Waals surface area contributed by atoms with E-state index in [0.717, 1.165) is 0 Å². The van der Waals surface area contributed by atoms with Gasteiger partial charge in [0.05, 0.1) is 17.6 Å². The highest BCUT2D eigenvalue weighted by Gasteiger charge is 2.30. The number of nitrogens with one attached hydrogen (secondary N) is 1. The molecular formula is C14H26N4O3. The number of aromatic nitrogens is 2. The van der Waals surface area contributed by atoms with Crippen LogP contribution < -0.4 is 5.32 Å². The average Bonchev–Trinajstić information content (AvgIpc) is 2.71. The van der Waals surface area contributed by atoms with E-state index in [1.807, 2.05) is 20.8 Å². The second-order valence-corrected chi connectivity index (χ2v) is 5.77. The Balaban J connectivity index is 3.13. The molecule has 1 N–H and O–H groups in total. The molecule has 7 nitrogen and oxygen atoms in total. The molecule has 0 radical (unpaired) electrons. The zero-order valence-electron chi connectivity index (χ0n) is 13.7. The van der Waals surface area contributed by atoms with Crippen LogP contribution in [0.15, 0.2) is 0 Å². The van der Waals surface area contributed by atoms with Crippen LogP contribution in [0, 0.1) is 16.0 Å². The van der Waals surface area contributed by atoms with E-state index in [-0.39, 0.29) is 28.5 Å². The summed E-state index contributed by atoms with van der Waals surface area (Å²) in [6.45, 7) is 11.0. The molecule has 0 saturated carbocycles. The first-order valence-electron chi connectivity index (χ1n) is 7.35. The molecule has 120 valence electrons. The summed E-state index contributed by atoms with van der Waals surface area (Å²) < 4.78 is 7.01. The summed E-state index contributed by atoms with van der Waals surface area (Å²) in [5.74, 6) is 0.729. The van der Waals surface area contributed by atoms with Gasteiger partial charge in [-0.2, -0.15) is 5.10 Å². The highest BCUT2D eigenvalue weighted by atomic mass is 16.6. The Kier molecular flexibility index (Phi) is 6.14. The summed E-state index contributed by atoms with van der Waals surface area (Å²) in [5, 5.41) is 18.9. The predicted octanol–water partition coefficient (Wildman–Crippen LogP) is 2.92. The van der Waals surface area contributed by atoms with Gasteiger partial charge in [0.1, 0.15) is 5.69 Å². The molecule has 0 aliphatic heterocycles. The standard InChI is InChI=1S/C14H26N4O3/c1-7-21-8-11(9(2)3)15-14-13(18(19)20)12(10(4)5)16-17(14)6/h9-11,15H,7-8H2,1-6H3. The van der Waals surface area contributed by atoms with Gasteiger partial charge in [-0.25, -0.2) is 4.68 Å². The highest BCUT2D eigenvalue weighted by Crippen LogP contribution is 2.33. The minimum absolute atomic E-state index is 0.000868. The molecule has 0 fully saturated rings. The van der Waals surface area contributed by atoms with E-state index in [1.54, 1.807) is 11.7 Å². The Bertz CT molecular complexity index is 483. The fourth-order valence-electron chi connectivity index (χ4n) is 2.09. The molecule has 0 aliphatic rings. The smallest absolute Gasteiger partial charge is 0.334 e. The maximum absolute atomic E-state index is 11.4. The second kappa shape index (κ2) is 7.40. The topological polar surface area (TPSA) is 82.2 Å². The third-order valence-corrected chi connectivity index (χ3v) is 3.41. The zero-order chi connectivity index (χ0) is 16.2. The summed E-state index contributed by atoms with van der Waals surface area (Å²) >= 11 is 0. The monoisotopic (exact) mass is 298 g/mol. The lowest BCUT2D eigenvalue weighted by molar-refractivity contribution is -0.384. The van der Waals surface area contributed by atoms with Crippen molar-refractivity contribution in [3.05, 3.63) is 15.8 Å². The van der Waals surface area contributed by atoms with Gasteiger partial charge in [0.25, 0.3) is 0 Å². The molecule has 1 atom stereocenters. The maximum atomic E-state index is 11.4. The van der Waals surface area contributed by atoms with Crippen molar-refractivity contribution in [1.82, 2.24) is 9.78 Å². The lowest BCUT2D eigenvalue weighted by Gasteiger charge is -2.22. The number of nitro groups is 1. The van der Waals surface area contributed by atoms with Crippen LogP contribution in [0.2, 0.25) is 0 Å². The van der Waals surface area contributed by atoms with E-state index < -0.39 is 0 Å². The molecule has 1 aromatic rings. The molecule has 1 rings (SSSR count). The van der Waals surface area contributed by atoms with Crippen molar-refractivity contribution < 1.29 is 9.66 Å². The van der Waals surface area contributed by atoms with Gasteiger partial charge < -0.3 is 10.1 Å². The Morgan fingerprint density at radius 1 is 1.38 bits per heavy atom. The largest absolute Gasteiger partial charge is 0.380 e. The Morgan fingerprint density at radius 3 is 2.43 bits per heavy atom. The predicted molar refractivity (Wildman–Crippen MR) is 82.7 cm³/mol. The first kappa shape index (κ1) is 17.4. The van der Waals surface area contributed by atoms with Crippen LogP contribution in [0.5, 0.6) is 0 Å². The first-order chi connectivity index (χ1) is 9.79. The van der Waals surface area contributed by atoms with Crippen LogP contribution >= 0.6 is 0 Å². The van der Waals surface area contributed by atoms with Crippen molar-refractivity contribution in [2.45, 2.75) is 46.6 Å². The summed E-state index contributed by atoms with van der Waals surface area (Å²) in [6, 6.07) is -0.000868. The summed E-state index contributed by atoms with van der Waals surface area (Å²) in [4.78, 5) is 11.0. The van der Waals surface area contributed by atoms with Crippen LogP contribution in [0.4, 0.5) is 11.5 Å². The number of nitrogens with zero attached hydrogens (tertiary/aromatic N) is 3. The average molecular weight is 298 g/mol. The van der Waals surface area contributed by atoms with Crippen molar-refractivity contribution in [3.63, 3.8) is 0 Å². The lowest BCUT2D eigenvalue weighted by Crippen LogP contribution is -2.32. The molecule has 0 bridgehead atoms. The van der Waals surface area contributed by atoms with Crippen LogP contribution in [-0.4, -0.2) is 34.0 Å². The molecule has 7 heteroatoms. The Hall–Kier alpha value is -1.63. The van der Waals surface area contributed by atoms with Crippen molar-refractivity contribution in [3.8, 4) is 0 Å². The number of aryl methyl sites for hydroxylation is 1. The summed E-state index contributed by atoms with van der Waals surface area (Å²) in [7, 11) is 1.72. The third kappa shape index (κ3) is 4.17. The van der Waals surface area contributed by atoms with Crippen LogP contribution in [-0.2, 0) is 11.8 Å². The van der Waals surface area contributed by atoms with E-state index in [1.165, 1.54) is 0 Å². The number of hydrogen-bond acceptors (Lipinski definition) is 5. The minimum Gasteiger partial charge on any atom is -0.380 e. The molecule has 0 saturated heterocycles. The van der Waals surface area contributed by atoms with E-state index in [2.05, 4.69) is 24.3 Å². The molecular weight excluding hydrogens is 272 g/mol. The fraction of sp³-hybridized carbons (Fsp3) is 0.786. The normalized spacial score (nSPS) is 13.0. The lowest BCUT2D eigenvalue weighted by atomic mass is 10.0. The maximum Gasteiger partial charge on any atom is 0.334 e. The summed E-state index contributed by atoms with van der Waals surface area (Å²) in [6.07, 6.45) is 0. The van der Waals surface area contributed by atoms with Gasteiger partial charge in [0.2, 0.25) is 5.82 Å². The van der Waals surface area contributed by atoms with Crippen LogP contribution in [0.25, 0.3) is 0 Å². The van der Waals surface area contributed by atoms with Crippen LogP contribution in [0.1, 0.15) is 46.2 Å².